The number of nitrogens with zero attached hydrogens (tertiary/aromatic N) is 2. The third-order valence-corrected chi connectivity index (χ3v) is 7.77. The van der Waals surface area contributed by atoms with Gasteiger partial charge in [-0.2, -0.15) is 4.31 Å². The molecule has 4 rings (SSSR count). The molecular formula is C23H28N4O5S. The molecule has 2 amide bonds. The molecule has 176 valence electrons. The number of morpholine rings is 1. The first-order valence-electron chi connectivity index (χ1n) is 11.0. The summed E-state index contributed by atoms with van der Waals surface area (Å²) in [5.41, 5.74) is 3.07. The van der Waals surface area contributed by atoms with E-state index < -0.39 is 10.0 Å². The van der Waals surface area contributed by atoms with Crippen LogP contribution < -0.4 is 15.5 Å². The van der Waals surface area contributed by atoms with Crippen molar-refractivity contribution in [1.29, 1.82) is 0 Å². The molecular weight excluding hydrogens is 444 g/mol. The summed E-state index contributed by atoms with van der Waals surface area (Å²) in [5.74, 6) is -0.145. The van der Waals surface area contributed by atoms with E-state index in [4.69, 9.17) is 4.74 Å². The van der Waals surface area contributed by atoms with Gasteiger partial charge in [-0.05, 0) is 55.3 Å². The van der Waals surface area contributed by atoms with E-state index in [1.807, 2.05) is 25.1 Å². The van der Waals surface area contributed by atoms with Gasteiger partial charge in [-0.3, -0.25) is 9.59 Å². The number of hydrogen-bond acceptors (Lipinski definition) is 6. The van der Waals surface area contributed by atoms with Gasteiger partial charge in [-0.1, -0.05) is 6.07 Å². The average molecular weight is 473 g/mol. The van der Waals surface area contributed by atoms with Gasteiger partial charge in [0, 0.05) is 43.1 Å². The minimum absolute atomic E-state index is 0.0338. The Morgan fingerprint density at radius 2 is 1.79 bits per heavy atom. The van der Waals surface area contributed by atoms with Gasteiger partial charge in [0.05, 0.1) is 24.7 Å². The normalized spacial score (nSPS) is 17.2. The molecule has 2 aromatic rings. The number of benzene rings is 2. The number of carbonyl (C=O) groups is 2. The van der Waals surface area contributed by atoms with Crippen molar-refractivity contribution in [3.63, 3.8) is 0 Å². The van der Waals surface area contributed by atoms with Crippen molar-refractivity contribution in [1.82, 2.24) is 4.31 Å². The number of anilines is 3. The molecule has 2 aliphatic rings. The summed E-state index contributed by atoms with van der Waals surface area (Å²) < 4.78 is 32.0. The van der Waals surface area contributed by atoms with Crippen LogP contribution in [-0.4, -0.2) is 63.9 Å². The molecule has 0 saturated carbocycles. The summed E-state index contributed by atoms with van der Waals surface area (Å²) in [7, 11) is -3.57. The lowest BCUT2D eigenvalue weighted by molar-refractivity contribution is -0.117. The van der Waals surface area contributed by atoms with Gasteiger partial charge < -0.3 is 20.3 Å². The van der Waals surface area contributed by atoms with Gasteiger partial charge >= 0.3 is 0 Å². The average Bonchev–Trinajstić information content (AvgIpc) is 3.25. The minimum Gasteiger partial charge on any atom is -0.379 e. The molecule has 0 radical (unpaired) electrons. The molecule has 10 heteroatoms. The summed E-state index contributed by atoms with van der Waals surface area (Å²) in [6.45, 7) is 4.11. The van der Waals surface area contributed by atoms with E-state index in [0.29, 0.717) is 45.0 Å². The Bertz CT molecular complexity index is 1130. The molecule has 33 heavy (non-hydrogen) atoms. The minimum atomic E-state index is -3.57. The van der Waals surface area contributed by atoms with Crippen LogP contribution in [0.25, 0.3) is 0 Å². The smallest absolute Gasteiger partial charge is 0.243 e. The third kappa shape index (κ3) is 5.18. The van der Waals surface area contributed by atoms with Crippen molar-refractivity contribution in [2.75, 3.05) is 54.9 Å². The fraction of sp³-hybridized carbons (Fsp3) is 0.391. The standard InChI is InChI=1S/C23H28N4O5S/c1-17-20(4-2-5-21(17)27-11-3-6-23(27)29)24-16-22(28)25-18-7-9-19(10-8-18)33(30,31)26-12-14-32-15-13-26/h2,4-5,7-10,24H,3,6,11-16H2,1H3,(H,25,28). The highest BCUT2D eigenvalue weighted by molar-refractivity contribution is 7.89. The summed E-state index contributed by atoms with van der Waals surface area (Å²) >= 11 is 0. The molecule has 0 spiro atoms. The Morgan fingerprint density at radius 3 is 2.45 bits per heavy atom. The molecule has 2 heterocycles. The lowest BCUT2D eigenvalue weighted by atomic mass is 10.1. The van der Waals surface area contributed by atoms with Gasteiger partial charge in [-0.15, -0.1) is 0 Å². The summed E-state index contributed by atoms with van der Waals surface area (Å²) in [6.07, 6.45) is 1.41. The molecule has 2 fully saturated rings. The predicted molar refractivity (Wildman–Crippen MR) is 126 cm³/mol. The van der Waals surface area contributed by atoms with Crippen LogP contribution in [0, 0.1) is 6.92 Å². The van der Waals surface area contributed by atoms with E-state index in [1.165, 1.54) is 16.4 Å². The molecule has 2 aliphatic heterocycles. The summed E-state index contributed by atoms with van der Waals surface area (Å²) in [6, 6.07) is 11.8. The lowest BCUT2D eigenvalue weighted by Gasteiger charge is -2.26. The molecule has 0 aliphatic carbocycles. The number of hydrogen-bond donors (Lipinski definition) is 2. The third-order valence-electron chi connectivity index (χ3n) is 5.85. The lowest BCUT2D eigenvalue weighted by Crippen LogP contribution is -2.40. The topological polar surface area (TPSA) is 108 Å². The van der Waals surface area contributed by atoms with Crippen molar-refractivity contribution in [2.45, 2.75) is 24.7 Å². The van der Waals surface area contributed by atoms with Crippen molar-refractivity contribution in [2.24, 2.45) is 0 Å². The Labute approximate surface area is 193 Å². The highest BCUT2D eigenvalue weighted by Gasteiger charge is 2.26. The van der Waals surface area contributed by atoms with Gasteiger partial charge in [0.15, 0.2) is 0 Å². The van der Waals surface area contributed by atoms with Crippen LogP contribution in [0.2, 0.25) is 0 Å². The predicted octanol–water partition coefficient (Wildman–Crippen LogP) is 2.19. The van der Waals surface area contributed by atoms with Gasteiger partial charge in [0.25, 0.3) is 0 Å². The number of amides is 2. The van der Waals surface area contributed by atoms with E-state index in [0.717, 1.165) is 23.4 Å². The molecule has 2 saturated heterocycles. The molecule has 0 atom stereocenters. The van der Waals surface area contributed by atoms with Crippen LogP contribution in [0.4, 0.5) is 17.1 Å². The maximum Gasteiger partial charge on any atom is 0.243 e. The fourth-order valence-electron chi connectivity index (χ4n) is 4.04. The first kappa shape index (κ1) is 23.2. The number of rotatable bonds is 7. The molecule has 0 aromatic heterocycles. The molecule has 0 unspecified atom stereocenters. The van der Waals surface area contributed by atoms with Gasteiger partial charge in [0.2, 0.25) is 21.8 Å². The highest BCUT2D eigenvalue weighted by atomic mass is 32.2. The van der Waals surface area contributed by atoms with E-state index in [2.05, 4.69) is 10.6 Å². The van der Waals surface area contributed by atoms with Crippen LogP contribution >= 0.6 is 0 Å². The maximum atomic E-state index is 12.7. The van der Waals surface area contributed by atoms with Crippen LogP contribution in [0.5, 0.6) is 0 Å². The number of ether oxygens (including phenoxy) is 1. The van der Waals surface area contributed by atoms with Crippen LogP contribution in [0.1, 0.15) is 18.4 Å². The number of carbonyl (C=O) groups excluding carboxylic acids is 2. The van der Waals surface area contributed by atoms with E-state index in [1.54, 1.807) is 17.0 Å². The second kappa shape index (κ2) is 9.90. The Morgan fingerprint density at radius 1 is 1.06 bits per heavy atom. The van der Waals surface area contributed by atoms with Crippen molar-refractivity contribution in [3.8, 4) is 0 Å². The molecule has 2 aromatic carbocycles. The van der Waals surface area contributed by atoms with Crippen LogP contribution in [-0.2, 0) is 24.3 Å². The zero-order valence-electron chi connectivity index (χ0n) is 18.5. The zero-order valence-corrected chi connectivity index (χ0v) is 19.4. The maximum absolute atomic E-state index is 12.7. The van der Waals surface area contributed by atoms with E-state index in [-0.39, 0.29) is 23.3 Å². The van der Waals surface area contributed by atoms with Crippen molar-refractivity contribution in [3.05, 3.63) is 48.0 Å². The summed E-state index contributed by atoms with van der Waals surface area (Å²) in [4.78, 5) is 26.5. The van der Waals surface area contributed by atoms with Crippen molar-refractivity contribution >= 4 is 38.9 Å². The van der Waals surface area contributed by atoms with Crippen molar-refractivity contribution < 1.29 is 22.7 Å². The monoisotopic (exact) mass is 472 g/mol. The van der Waals surface area contributed by atoms with Gasteiger partial charge in [0.1, 0.15) is 0 Å². The quantitative estimate of drug-likeness (QED) is 0.640. The Hall–Kier alpha value is -2.95. The van der Waals surface area contributed by atoms with E-state index in [9.17, 15) is 18.0 Å². The fourth-order valence-corrected chi connectivity index (χ4v) is 5.45. The van der Waals surface area contributed by atoms with Crippen LogP contribution in [0.15, 0.2) is 47.4 Å². The Kier molecular flexibility index (Phi) is 6.96. The molecule has 9 nitrogen and oxygen atoms in total. The Balaban J connectivity index is 1.35. The van der Waals surface area contributed by atoms with Gasteiger partial charge in [-0.25, -0.2) is 8.42 Å². The SMILES string of the molecule is Cc1c(NCC(=O)Nc2ccc(S(=O)(=O)N3CCOCC3)cc2)cccc1N1CCCC1=O. The first-order valence-corrected chi connectivity index (χ1v) is 12.4. The van der Waals surface area contributed by atoms with E-state index >= 15 is 0 Å². The number of nitrogens with one attached hydrogen (secondary N) is 2. The second-order valence-electron chi connectivity index (χ2n) is 8.04. The molecule has 0 bridgehead atoms. The highest BCUT2D eigenvalue weighted by Crippen LogP contribution is 2.29. The zero-order chi connectivity index (χ0) is 23.4. The van der Waals surface area contributed by atoms with Crippen LogP contribution in [0.3, 0.4) is 0 Å². The molecule has 2 N–H and O–H groups in total. The number of sulfonamides is 1. The second-order valence-corrected chi connectivity index (χ2v) is 9.98. The first-order chi connectivity index (χ1) is 15.9. The largest absolute Gasteiger partial charge is 0.379 e. The summed E-state index contributed by atoms with van der Waals surface area (Å²) in [5, 5.41) is 5.90.